The highest BCUT2D eigenvalue weighted by Gasteiger charge is 2.06. The zero-order valence-electron chi connectivity index (χ0n) is 13.5. The summed E-state index contributed by atoms with van der Waals surface area (Å²) in [5.41, 5.74) is 2.79. The molecule has 0 radical (unpaired) electrons. The Morgan fingerprint density at radius 1 is 1.12 bits per heavy atom. The van der Waals surface area contributed by atoms with Crippen LogP contribution >= 0.6 is 0 Å². The van der Waals surface area contributed by atoms with Gasteiger partial charge in [-0.1, -0.05) is 42.0 Å². The molecule has 1 aromatic heterocycles. The molecule has 0 saturated heterocycles. The molecule has 122 valence electrons. The van der Waals surface area contributed by atoms with Crippen molar-refractivity contribution in [1.29, 1.82) is 0 Å². The maximum atomic E-state index is 12.3. The van der Waals surface area contributed by atoms with Crippen LogP contribution in [0.4, 0.5) is 0 Å². The van der Waals surface area contributed by atoms with Gasteiger partial charge in [-0.3, -0.25) is 14.2 Å². The third kappa shape index (κ3) is 3.68. The molecule has 1 N–H and O–H groups in total. The Bertz CT molecular complexity index is 914. The maximum absolute atomic E-state index is 12.3. The highest BCUT2D eigenvalue weighted by molar-refractivity contribution is 5.77. The first-order valence-electron chi connectivity index (χ1n) is 7.90. The average Bonchev–Trinajstić information content (AvgIpc) is 2.61. The van der Waals surface area contributed by atoms with Gasteiger partial charge in [-0.2, -0.15) is 0 Å². The van der Waals surface area contributed by atoms with Crippen LogP contribution in [0, 0.1) is 6.92 Å². The van der Waals surface area contributed by atoms with E-state index in [0.29, 0.717) is 24.0 Å². The van der Waals surface area contributed by atoms with Gasteiger partial charge in [0, 0.05) is 19.5 Å². The van der Waals surface area contributed by atoms with E-state index >= 15 is 0 Å². The van der Waals surface area contributed by atoms with Crippen LogP contribution in [0.25, 0.3) is 10.9 Å². The summed E-state index contributed by atoms with van der Waals surface area (Å²) in [6.45, 7) is 2.83. The quantitative estimate of drug-likeness (QED) is 0.785. The smallest absolute Gasteiger partial charge is 0.261 e. The molecule has 0 aliphatic rings. The molecule has 1 amide bonds. The van der Waals surface area contributed by atoms with Crippen LogP contribution in [0.1, 0.15) is 17.5 Å². The monoisotopic (exact) mass is 321 g/mol. The van der Waals surface area contributed by atoms with Gasteiger partial charge in [-0.15, -0.1) is 0 Å². The number of carbonyl (C=O) groups excluding carboxylic acids is 1. The summed E-state index contributed by atoms with van der Waals surface area (Å²) in [7, 11) is 0. The minimum atomic E-state index is -0.119. The number of para-hydroxylation sites is 1. The summed E-state index contributed by atoms with van der Waals surface area (Å²) in [4.78, 5) is 28.6. The van der Waals surface area contributed by atoms with Crippen molar-refractivity contribution in [3.8, 4) is 0 Å². The number of amides is 1. The standard InChI is InChI=1S/C19H19N3O2/c1-14-6-8-15(9-7-14)12-20-18(23)10-11-22-13-21-17-5-3-2-4-16(17)19(22)24/h2-9,13H,10-12H2,1H3,(H,20,23). The topological polar surface area (TPSA) is 64.0 Å². The summed E-state index contributed by atoms with van der Waals surface area (Å²) in [5, 5.41) is 3.44. The first kappa shape index (κ1) is 15.9. The number of carbonyl (C=O) groups is 1. The zero-order chi connectivity index (χ0) is 16.9. The molecule has 0 aliphatic heterocycles. The lowest BCUT2D eigenvalue weighted by Gasteiger charge is -2.08. The predicted molar refractivity (Wildman–Crippen MR) is 93.6 cm³/mol. The van der Waals surface area contributed by atoms with Crippen molar-refractivity contribution in [1.82, 2.24) is 14.9 Å². The molecule has 5 nitrogen and oxygen atoms in total. The molecule has 0 atom stereocenters. The lowest BCUT2D eigenvalue weighted by Crippen LogP contribution is -2.27. The fourth-order valence-corrected chi connectivity index (χ4v) is 2.48. The predicted octanol–water partition coefficient (Wildman–Crippen LogP) is 2.41. The zero-order valence-corrected chi connectivity index (χ0v) is 13.5. The summed E-state index contributed by atoms with van der Waals surface area (Å²) >= 11 is 0. The van der Waals surface area contributed by atoms with Gasteiger partial charge < -0.3 is 5.32 Å². The minimum absolute atomic E-state index is 0.0874. The van der Waals surface area contributed by atoms with E-state index in [9.17, 15) is 9.59 Å². The van der Waals surface area contributed by atoms with Gasteiger partial charge >= 0.3 is 0 Å². The second-order valence-electron chi connectivity index (χ2n) is 5.77. The molecule has 3 aromatic rings. The second-order valence-corrected chi connectivity index (χ2v) is 5.77. The number of aromatic nitrogens is 2. The molecule has 0 bridgehead atoms. The van der Waals surface area contributed by atoms with E-state index < -0.39 is 0 Å². The van der Waals surface area contributed by atoms with Crippen molar-refractivity contribution >= 4 is 16.8 Å². The third-order valence-corrected chi connectivity index (χ3v) is 3.92. The highest BCUT2D eigenvalue weighted by atomic mass is 16.1. The molecule has 5 heteroatoms. The molecule has 0 aliphatic carbocycles. The van der Waals surface area contributed by atoms with Gasteiger partial charge in [0.2, 0.25) is 5.91 Å². The van der Waals surface area contributed by atoms with Crippen LogP contribution in [0.2, 0.25) is 0 Å². The van der Waals surface area contributed by atoms with Gasteiger partial charge in [0.1, 0.15) is 0 Å². The van der Waals surface area contributed by atoms with E-state index in [1.165, 1.54) is 16.5 Å². The van der Waals surface area contributed by atoms with Crippen LogP contribution in [0.15, 0.2) is 59.7 Å². The van der Waals surface area contributed by atoms with Gasteiger partial charge in [-0.25, -0.2) is 4.98 Å². The van der Waals surface area contributed by atoms with E-state index in [1.54, 1.807) is 12.1 Å². The van der Waals surface area contributed by atoms with E-state index in [4.69, 9.17) is 0 Å². The normalized spacial score (nSPS) is 10.7. The number of hydrogen-bond acceptors (Lipinski definition) is 3. The number of rotatable bonds is 5. The molecular formula is C19H19N3O2. The Morgan fingerprint density at radius 3 is 2.67 bits per heavy atom. The van der Waals surface area contributed by atoms with Crippen molar-refractivity contribution in [2.75, 3.05) is 0 Å². The summed E-state index contributed by atoms with van der Waals surface area (Å²) < 4.78 is 1.48. The van der Waals surface area contributed by atoms with Crippen molar-refractivity contribution in [2.24, 2.45) is 0 Å². The summed E-state index contributed by atoms with van der Waals surface area (Å²) in [5.74, 6) is -0.0874. The van der Waals surface area contributed by atoms with E-state index in [-0.39, 0.29) is 17.9 Å². The largest absolute Gasteiger partial charge is 0.352 e. The first-order chi connectivity index (χ1) is 11.6. The van der Waals surface area contributed by atoms with Gasteiger partial charge in [0.05, 0.1) is 17.2 Å². The Labute approximate surface area is 140 Å². The van der Waals surface area contributed by atoms with Gasteiger partial charge in [0.25, 0.3) is 5.56 Å². The third-order valence-electron chi connectivity index (χ3n) is 3.92. The SMILES string of the molecule is Cc1ccc(CNC(=O)CCn2cnc3ccccc3c2=O)cc1. The number of hydrogen-bond donors (Lipinski definition) is 1. The lowest BCUT2D eigenvalue weighted by atomic mass is 10.1. The molecule has 0 fully saturated rings. The number of benzene rings is 2. The Hall–Kier alpha value is -2.95. The second kappa shape index (κ2) is 7.08. The maximum Gasteiger partial charge on any atom is 0.261 e. The lowest BCUT2D eigenvalue weighted by molar-refractivity contribution is -0.121. The van der Waals surface area contributed by atoms with Crippen LogP contribution in [-0.4, -0.2) is 15.5 Å². The number of aryl methyl sites for hydroxylation is 2. The molecular weight excluding hydrogens is 302 g/mol. The minimum Gasteiger partial charge on any atom is -0.352 e. The van der Waals surface area contributed by atoms with Gasteiger partial charge in [0.15, 0.2) is 0 Å². The Balaban J connectivity index is 1.59. The van der Waals surface area contributed by atoms with Crippen molar-refractivity contribution < 1.29 is 4.79 Å². The van der Waals surface area contributed by atoms with Crippen molar-refractivity contribution in [3.05, 3.63) is 76.3 Å². The summed E-state index contributed by atoms with van der Waals surface area (Å²) in [6.07, 6.45) is 1.74. The number of nitrogens with zero attached hydrogens (tertiary/aromatic N) is 2. The summed E-state index contributed by atoms with van der Waals surface area (Å²) in [6, 6.07) is 15.2. The number of fused-ring (bicyclic) bond motifs is 1. The molecule has 3 rings (SSSR count). The highest BCUT2D eigenvalue weighted by Crippen LogP contribution is 2.05. The first-order valence-corrected chi connectivity index (χ1v) is 7.90. The van der Waals surface area contributed by atoms with Crippen LogP contribution in [0.3, 0.4) is 0 Å². The van der Waals surface area contributed by atoms with E-state index in [1.807, 2.05) is 43.3 Å². The fraction of sp³-hybridized carbons (Fsp3) is 0.211. The molecule has 0 unspecified atom stereocenters. The molecule has 0 spiro atoms. The fourth-order valence-electron chi connectivity index (χ4n) is 2.48. The molecule has 2 aromatic carbocycles. The van der Waals surface area contributed by atoms with Crippen molar-refractivity contribution in [2.45, 2.75) is 26.4 Å². The van der Waals surface area contributed by atoms with Crippen LogP contribution in [-0.2, 0) is 17.9 Å². The van der Waals surface area contributed by atoms with E-state index in [0.717, 1.165) is 5.56 Å². The van der Waals surface area contributed by atoms with Gasteiger partial charge in [-0.05, 0) is 24.6 Å². The number of nitrogens with one attached hydrogen (secondary N) is 1. The van der Waals surface area contributed by atoms with Crippen LogP contribution < -0.4 is 10.9 Å². The van der Waals surface area contributed by atoms with Crippen molar-refractivity contribution in [3.63, 3.8) is 0 Å². The molecule has 24 heavy (non-hydrogen) atoms. The van der Waals surface area contributed by atoms with Crippen LogP contribution in [0.5, 0.6) is 0 Å². The average molecular weight is 321 g/mol. The Kier molecular flexibility index (Phi) is 4.70. The Morgan fingerprint density at radius 2 is 1.88 bits per heavy atom. The van der Waals surface area contributed by atoms with E-state index in [2.05, 4.69) is 10.3 Å². The molecule has 0 saturated carbocycles. The molecule has 1 heterocycles.